The second-order valence-electron chi connectivity index (χ2n) is 4.01. The molecule has 1 unspecified atom stereocenters. The summed E-state index contributed by atoms with van der Waals surface area (Å²) >= 11 is 0. The second-order valence-corrected chi connectivity index (χ2v) is 4.01. The Morgan fingerprint density at radius 2 is 2.00 bits per heavy atom. The van der Waals surface area contributed by atoms with E-state index in [4.69, 9.17) is 0 Å². The topological polar surface area (TPSA) is 46.2 Å². The fourth-order valence-electron chi connectivity index (χ4n) is 1.85. The lowest BCUT2D eigenvalue weighted by molar-refractivity contribution is -0.126. The van der Waals surface area contributed by atoms with Gasteiger partial charge in [-0.3, -0.25) is 14.9 Å². The summed E-state index contributed by atoms with van der Waals surface area (Å²) in [6.07, 6.45) is -0.161. The van der Waals surface area contributed by atoms with Gasteiger partial charge in [0.25, 0.3) is 0 Å². The van der Waals surface area contributed by atoms with Gasteiger partial charge >= 0.3 is 0 Å². The standard InChI is InChI=1S/C11H9F2NO2/c1-11(5-9(15)14-10(11)16)7-4-6(12)2-3-8(7)13/h2-4H,5H2,1H3,(H,14,15,16). The maximum absolute atomic E-state index is 13.5. The van der Waals surface area contributed by atoms with E-state index in [0.717, 1.165) is 18.2 Å². The van der Waals surface area contributed by atoms with Crippen LogP contribution in [-0.4, -0.2) is 11.8 Å². The third-order valence-electron chi connectivity index (χ3n) is 2.79. The Labute approximate surface area is 90.5 Å². The lowest BCUT2D eigenvalue weighted by Crippen LogP contribution is -2.33. The van der Waals surface area contributed by atoms with Crippen LogP contribution in [0.25, 0.3) is 0 Å². The van der Waals surface area contributed by atoms with Gasteiger partial charge in [-0.2, -0.15) is 0 Å². The van der Waals surface area contributed by atoms with Crippen LogP contribution in [0.5, 0.6) is 0 Å². The number of hydrogen-bond acceptors (Lipinski definition) is 2. The van der Waals surface area contributed by atoms with Crippen molar-refractivity contribution in [3.8, 4) is 0 Å². The van der Waals surface area contributed by atoms with Gasteiger partial charge in [0, 0.05) is 12.0 Å². The first-order chi connectivity index (χ1) is 7.43. The van der Waals surface area contributed by atoms with Gasteiger partial charge in [0.1, 0.15) is 11.6 Å². The summed E-state index contributed by atoms with van der Waals surface area (Å²) < 4.78 is 26.5. The lowest BCUT2D eigenvalue weighted by atomic mass is 9.80. The zero-order valence-corrected chi connectivity index (χ0v) is 8.51. The minimum absolute atomic E-state index is 0.0872. The molecule has 3 nitrogen and oxygen atoms in total. The number of hydrogen-bond donors (Lipinski definition) is 1. The summed E-state index contributed by atoms with van der Waals surface area (Å²) in [5.41, 5.74) is -1.40. The SMILES string of the molecule is CC1(c2cc(F)ccc2F)CC(=O)NC1=O. The zero-order valence-electron chi connectivity index (χ0n) is 8.51. The molecule has 0 bridgehead atoms. The summed E-state index contributed by atoms with van der Waals surface area (Å²) in [6.45, 7) is 1.42. The first kappa shape index (κ1) is 10.7. The average molecular weight is 225 g/mol. The van der Waals surface area contributed by atoms with E-state index in [1.165, 1.54) is 6.92 Å². The molecule has 0 radical (unpaired) electrons. The average Bonchev–Trinajstić information content (AvgIpc) is 2.46. The van der Waals surface area contributed by atoms with Crippen molar-refractivity contribution in [2.75, 3.05) is 0 Å². The Hall–Kier alpha value is -1.78. The monoisotopic (exact) mass is 225 g/mol. The van der Waals surface area contributed by atoms with Gasteiger partial charge in [0.05, 0.1) is 5.41 Å². The molecule has 0 aliphatic carbocycles. The van der Waals surface area contributed by atoms with Crippen molar-refractivity contribution in [3.05, 3.63) is 35.4 Å². The van der Waals surface area contributed by atoms with Crippen molar-refractivity contribution in [2.24, 2.45) is 0 Å². The number of rotatable bonds is 1. The fraction of sp³-hybridized carbons (Fsp3) is 0.273. The van der Waals surface area contributed by atoms with Crippen molar-refractivity contribution < 1.29 is 18.4 Å². The first-order valence-electron chi connectivity index (χ1n) is 4.73. The number of benzene rings is 1. The van der Waals surface area contributed by atoms with Gasteiger partial charge in [-0.25, -0.2) is 8.78 Å². The van der Waals surface area contributed by atoms with Crippen LogP contribution < -0.4 is 5.32 Å². The second kappa shape index (κ2) is 3.37. The predicted molar refractivity (Wildman–Crippen MR) is 51.5 cm³/mol. The van der Waals surface area contributed by atoms with Crippen LogP contribution in [0, 0.1) is 11.6 Å². The van der Waals surface area contributed by atoms with Crippen molar-refractivity contribution in [1.29, 1.82) is 0 Å². The molecular weight excluding hydrogens is 216 g/mol. The first-order valence-corrected chi connectivity index (χ1v) is 4.73. The molecule has 0 saturated carbocycles. The number of nitrogens with one attached hydrogen (secondary N) is 1. The van der Waals surface area contributed by atoms with E-state index >= 15 is 0 Å². The molecular formula is C11H9F2NO2. The van der Waals surface area contributed by atoms with Crippen LogP contribution in [0.15, 0.2) is 18.2 Å². The van der Waals surface area contributed by atoms with Crippen molar-refractivity contribution in [3.63, 3.8) is 0 Å². The Balaban J connectivity index is 2.55. The molecule has 1 heterocycles. The highest BCUT2D eigenvalue weighted by atomic mass is 19.1. The van der Waals surface area contributed by atoms with Crippen LogP contribution in [0.1, 0.15) is 18.9 Å². The van der Waals surface area contributed by atoms with Gasteiger partial charge in [0.15, 0.2) is 0 Å². The van der Waals surface area contributed by atoms with Crippen LogP contribution in [0.3, 0.4) is 0 Å². The Morgan fingerprint density at radius 1 is 1.31 bits per heavy atom. The molecule has 1 aromatic rings. The largest absolute Gasteiger partial charge is 0.296 e. The molecule has 2 amide bonds. The van der Waals surface area contributed by atoms with Gasteiger partial charge in [-0.1, -0.05) is 0 Å². The van der Waals surface area contributed by atoms with Crippen LogP contribution in [0.4, 0.5) is 8.78 Å². The number of halogens is 2. The van der Waals surface area contributed by atoms with Crippen LogP contribution >= 0.6 is 0 Å². The van der Waals surface area contributed by atoms with Crippen molar-refractivity contribution in [2.45, 2.75) is 18.8 Å². The number of carbonyl (C=O) groups excluding carboxylic acids is 2. The van der Waals surface area contributed by atoms with Gasteiger partial charge in [-0.05, 0) is 25.1 Å². The molecule has 84 valence electrons. The van der Waals surface area contributed by atoms with E-state index in [9.17, 15) is 18.4 Å². The minimum Gasteiger partial charge on any atom is -0.296 e. The summed E-state index contributed by atoms with van der Waals surface area (Å²) in [5, 5.41) is 2.09. The molecule has 1 aliphatic heterocycles. The highest BCUT2D eigenvalue weighted by Gasteiger charge is 2.45. The molecule has 5 heteroatoms. The molecule has 16 heavy (non-hydrogen) atoms. The van der Waals surface area contributed by atoms with Crippen molar-refractivity contribution >= 4 is 11.8 Å². The van der Waals surface area contributed by atoms with Gasteiger partial charge < -0.3 is 0 Å². The third kappa shape index (κ3) is 1.48. The quantitative estimate of drug-likeness (QED) is 0.731. The van der Waals surface area contributed by atoms with E-state index in [-0.39, 0.29) is 12.0 Å². The number of amides is 2. The van der Waals surface area contributed by atoms with Gasteiger partial charge in [0.2, 0.25) is 11.8 Å². The maximum atomic E-state index is 13.5. The van der Waals surface area contributed by atoms with Crippen LogP contribution in [-0.2, 0) is 15.0 Å². The molecule has 1 aliphatic rings. The lowest BCUT2D eigenvalue weighted by Gasteiger charge is -2.20. The van der Waals surface area contributed by atoms with E-state index in [1.807, 2.05) is 0 Å². The van der Waals surface area contributed by atoms with E-state index < -0.39 is 28.9 Å². The summed E-state index contributed by atoms with van der Waals surface area (Å²) in [7, 11) is 0. The minimum atomic E-state index is -1.32. The molecule has 0 spiro atoms. The molecule has 1 fully saturated rings. The van der Waals surface area contributed by atoms with Gasteiger partial charge in [-0.15, -0.1) is 0 Å². The normalized spacial score (nSPS) is 24.7. The molecule has 0 aromatic heterocycles. The maximum Gasteiger partial charge on any atom is 0.237 e. The summed E-state index contributed by atoms with van der Waals surface area (Å²) in [5.74, 6) is -2.39. The van der Waals surface area contributed by atoms with E-state index in [1.54, 1.807) is 0 Å². The molecule has 2 rings (SSSR count). The Bertz CT molecular complexity index is 487. The zero-order chi connectivity index (χ0) is 11.9. The number of carbonyl (C=O) groups is 2. The molecule has 1 aromatic carbocycles. The smallest absolute Gasteiger partial charge is 0.237 e. The molecule has 1 N–H and O–H groups in total. The third-order valence-corrected chi connectivity index (χ3v) is 2.79. The van der Waals surface area contributed by atoms with Crippen LogP contribution in [0.2, 0.25) is 0 Å². The molecule has 1 atom stereocenters. The highest BCUT2D eigenvalue weighted by molar-refractivity contribution is 6.08. The Morgan fingerprint density at radius 3 is 2.56 bits per heavy atom. The predicted octanol–water partition coefficient (Wildman–Crippen LogP) is 1.27. The summed E-state index contributed by atoms with van der Waals surface area (Å²) in [4.78, 5) is 22.6. The fourth-order valence-corrected chi connectivity index (χ4v) is 1.85. The van der Waals surface area contributed by atoms with Crippen molar-refractivity contribution in [1.82, 2.24) is 5.32 Å². The van der Waals surface area contributed by atoms with E-state index in [0.29, 0.717) is 0 Å². The molecule has 1 saturated heterocycles. The summed E-state index contributed by atoms with van der Waals surface area (Å²) in [6, 6.07) is 2.87. The highest BCUT2D eigenvalue weighted by Crippen LogP contribution is 2.33. The number of imide groups is 1. The Kier molecular flexibility index (Phi) is 2.26. The van der Waals surface area contributed by atoms with E-state index in [2.05, 4.69) is 5.32 Å².